The summed E-state index contributed by atoms with van der Waals surface area (Å²) in [5, 5.41) is 12.5. The molecule has 1 atom stereocenters. The normalized spacial score (nSPS) is 16.8. The van der Waals surface area contributed by atoms with Crippen LogP contribution in [0, 0.1) is 5.41 Å². The minimum absolute atomic E-state index is 0.00335. The quantitative estimate of drug-likeness (QED) is 0.258. The maximum Gasteiger partial charge on any atom is 0.418 e. The van der Waals surface area contributed by atoms with Gasteiger partial charge in [-0.3, -0.25) is 0 Å². The second kappa shape index (κ2) is 8.89. The lowest BCUT2D eigenvalue weighted by molar-refractivity contribution is -0.138. The number of alkyl halides is 6. The van der Waals surface area contributed by atoms with E-state index in [4.69, 9.17) is 0 Å². The molecule has 0 saturated heterocycles. The van der Waals surface area contributed by atoms with E-state index in [-0.39, 0.29) is 34.1 Å². The smallest absolute Gasteiger partial charge is 0.418 e. The molecule has 1 unspecified atom stereocenters. The number of carboxylic acid groups (broad SMARTS) is 1. The molecule has 13 heteroatoms. The lowest BCUT2D eigenvalue weighted by atomic mass is 9.99. The van der Waals surface area contributed by atoms with Crippen molar-refractivity contribution in [1.29, 1.82) is 0 Å². The van der Waals surface area contributed by atoms with E-state index in [0.717, 1.165) is 12.3 Å². The predicted molar refractivity (Wildman–Crippen MR) is 128 cm³/mol. The van der Waals surface area contributed by atoms with E-state index >= 15 is 0 Å². The molecule has 4 heterocycles. The van der Waals surface area contributed by atoms with Crippen LogP contribution in [0.2, 0.25) is 0 Å². The topological polar surface area (TPSA) is 101 Å². The summed E-state index contributed by atoms with van der Waals surface area (Å²) in [6.45, 7) is 3.77. The van der Waals surface area contributed by atoms with Crippen LogP contribution in [-0.2, 0) is 12.4 Å². The second-order valence-corrected chi connectivity index (χ2v) is 9.85. The predicted octanol–water partition coefficient (Wildman–Crippen LogP) is 7.08. The van der Waals surface area contributed by atoms with Crippen LogP contribution in [0.1, 0.15) is 53.4 Å². The molecule has 7 nitrogen and oxygen atoms in total. The highest BCUT2D eigenvalue weighted by atomic mass is 19.4. The largest absolute Gasteiger partial charge is 0.477 e. The van der Waals surface area contributed by atoms with Gasteiger partial charge in [0.25, 0.3) is 0 Å². The lowest BCUT2D eigenvalue weighted by Gasteiger charge is -2.16. The van der Waals surface area contributed by atoms with Gasteiger partial charge in [-0.25, -0.2) is 24.7 Å². The monoisotopic (exact) mass is 547 g/mol. The number of aromatic carboxylic acids is 1. The van der Waals surface area contributed by atoms with Crippen molar-refractivity contribution in [3.8, 4) is 11.4 Å². The number of hydrogen-bond donors (Lipinski definition) is 2. The van der Waals surface area contributed by atoms with Crippen LogP contribution in [0.3, 0.4) is 0 Å². The highest BCUT2D eigenvalue weighted by Crippen LogP contribution is 2.60. The summed E-state index contributed by atoms with van der Waals surface area (Å²) in [6, 6.07) is 6.90. The van der Waals surface area contributed by atoms with Gasteiger partial charge in [0.2, 0.25) is 0 Å². The van der Waals surface area contributed by atoms with Crippen LogP contribution in [0.4, 0.5) is 37.8 Å². The number of carbonyl (C=O) groups is 1. The highest BCUT2D eigenvalue weighted by molar-refractivity contribution is 5.92. The Balaban J connectivity index is 1.55. The standard InChI is InChI=1S/C26H19F6N5O2/c1-24(2)10-15(24)13-9-20(34-11-16(13)26(30,31)32)35-17-7-8-33-22-12(17)3-5-18(37-22)21-14(25(27,28)29)4-6-19(36-21)23(38)39/h3-9,11,15H,10H2,1-2H3,(H,38,39)(H,33,34,35,37). The van der Waals surface area contributed by atoms with Crippen molar-refractivity contribution < 1.29 is 36.2 Å². The number of carboxylic acids is 1. The maximum absolute atomic E-state index is 13.6. The Labute approximate surface area is 217 Å². The van der Waals surface area contributed by atoms with Gasteiger partial charge in [-0.2, -0.15) is 26.3 Å². The summed E-state index contributed by atoms with van der Waals surface area (Å²) in [4.78, 5) is 27.2. The summed E-state index contributed by atoms with van der Waals surface area (Å²) in [6.07, 6.45) is -6.69. The molecule has 0 bridgehead atoms. The third-order valence-electron chi connectivity index (χ3n) is 6.66. The Morgan fingerprint density at radius 3 is 2.28 bits per heavy atom. The van der Waals surface area contributed by atoms with Crippen molar-refractivity contribution in [1.82, 2.24) is 19.9 Å². The number of nitrogens with one attached hydrogen (secondary N) is 1. The van der Waals surface area contributed by atoms with Gasteiger partial charge in [-0.15, -0.1) is 0 Å². The molecule has 4 aromatic rings. The molecule has 4 aromatic heterocycles. The molecule has 2 N–H and O–H groups in total. The maximum atomic E-state index is 13.6. The molecule has 1 aliphatic carbocycles. The van der Waals surface area contributed by atoms with E-state index in [1.54, 1.807) is 0 Å². The molecule has 1 saturated carbocycles. The van der Waals surface area contributed by atoms with E-state index in [0.29, 0.717) is 23.6 Å². The van der Waals surface area contributed by atoms with Gasteiger partial charge in [0.05, 0.1) is 22.5 Å². The zero-order chi connectivity index (χ0) is 28.3. The van der Waals surface area contributed by atoms with Gasteiger partial charge in [-0.05, 0) is 59.7 Å². The van der Waals surface area contributed by atoms with Crippen molar-refractivity contribution in [3.05, 3.63) is 71.2 Å². The summed E-state index contributed by atoms with van der Waals surface area (Å²) in [7, 11) is 0. The van der Waals surface area contributed by atoms with Crippen molar-refractivity contribution in [2.45, 2.75) is 38.5 Å². The van der Waals surface area contributed by atoms with Gasteiger partial charge >= 0.3 is 18.3 Å². The van der Waals surface area contributed by atoms with E-state index < -0.39 is 40.8 Å². The summed E-state index contributed by atoms with van der Waals surface area (Å²) < 4.78 is 81.7. The fourth-order valence-corrected chi connectivity index (χ4v) is 4.47. The van der Waals surface area contributed by atoms with Gasteiger partial charge in [-0.1, -0.05) is 13.8 Å². The first kappa shape index (κ1) is 26.3. The molecule has 39 heavy (non-hydrogen) atoms. The van der Waals surface area contributed by atoms with Crippen molar-refractivity contribution in [2.75, 3.05) is 5.32 Å². The number of fused-ring (bicyclic) bond motifs is 1. The van der Waals surface area contributed by atoms with Crippen LogP contribution in [0.15, 0.2) is 48.8 Å². The molecule has 1 aliphatic rings. The number of anilines is 2. The average Bonchev–Trinajstić information content (AvgIpc) is 3.50. The number of halogens is 6. The molecular formula is C26H19F6N5O2. The van der Waals surface area contributed by atoms with Crippen LogP contribution in [0.5, 0.6) is 0 Å². The molecular weight excluding hydrogens is 528 g/mol. The first-order valence-electron chi connectivity index (χ1n) is 11.6. The molecule has 5 rings (SSSR count). The highest BCUT2D eigenvalue weighted by Gasteiger charge is 2.50. The third kappa shape index (κ3) is 5.08. The van der Waals surface area contributed by atoms with Gasteiger partial charge in [0, 0.05) is 17.8 Å². The SMILES string of the molecule is CC1(C)CC1c1cc(Nc2ccnc3nc(-c4nc(C(=O)O)ccc4C(F)(F)F)ccc23)ncc1C(F)(F)F. The van der Waals surface area contributed by atoms with E-state index in [1.807, 2.05) is 13.8 Å². The molecule has 0 aliphatic heterocycles. The number of pyridine rings is 4. The average molecular weight is 547 g/mol. The Morgan fingerprint density at radius 1 is 0.974 bits per heavy atom. The van der Waals surface area contributed by atoms with Crippen LogP contribution in [0.25, 0.3) is 22.4 Å². The molecule has 0 spiro atoms. The van der Waals surface area contributed by atoms with Gasteiger partial charge in [0.1, 0.15) is 17.2 Å². The van der Waals surface area contributed by atoms with E-state index in [2.05, 4.69) is 25.3 Å². The van der Waals surface area contributed by atoms with Crippen LogP contribution < -0.4 is 5.32 Å². The second-order valence-electron chi connectivity index (χ2n) is 9.85. The number of hydrogen-bond acceptors (Lipinski definition) is 6. The number of aromatic nitrogens is 4. The van der Waals surface area contributed by atoms with Crippen molar-refractivity contribution in [2.24, 2.45) is 5.41 Å². The van der Waals surface area contributed by atoms with Crippen molar-refractivity contribution in [3.63, 3.8) is 0 Å². The van der Waals surface area contributed by atoms with E-state index in [1.165, 1.54) is 30.5 Å². The molecule has 0 aromatic carbocycles. The molecule has 0 amide bonds. The minimum atomic E-state index is -4.82. The van der Waals surface area contributed by atoms with Crippen LogP contribution in [-0.4, -0.2) is 31.0 Å². The Kier molecular flexibility index (Phi) is 6.00. The fraction of sp³-hybridized carbons (Fsp3) is 0.269. The lowest BCUT2D eigenvalue weighted by Crippen LogP contribution is -2.12. The Hall–Kier alpha value is -4.29. The number of rotatable bonds is 5. The molecule has 1 fully saturated rings. The van der Waals surface area contributed by atoms with Crippen molar-refractivity contribution >= 4 is 28.5 Å². The zero-order valence-electron chi connectivity index (χ0n) is 20.3. The Morgan fingerprint density at radius 2 is 1.67 bits per heavy atom. The first-order valence-corrected chi connectivity index (χ1v) is 11.6. The minimum Gasteiger partial charge on any atom is -0.477 e. The van der Waals surface area contributed by atoms with E-state index in [9.17, 15) is 36.2 Å². The third-order valence-corrected chi connectivity index (χ3v) is 6.66. The Bertz CT molecular complexity index is 1620. The van der Waals surface area contributed by atoms with Gasteiger partial charge < -0.3 is 10.4 Å². The summed E-state index contributed by atoms with van der Waals surface area (Å²) in [5.74, 6) is -1.64. The zero-order valence-corrected chi connectivity index (χ0v) is 20.3. The molecule has 0 radical (unpaired) electrons. The fourth-order valence-electron chi connectivity index (χ4n) is 4.47. The summed E-state index contributed by atoms with van der Waals surface area (Å²) in [5.41, 5.74) is -3.27. The van der Waals surface area contributed by atoms with Crippen LogP contribution >= 0.6 is 0 Å². The molecule has 202 valence electrons. The van der Waals surface area contributed by atoms with Gasteiger partial charge in [0.15, 0.2) is 5.65 Å². The summed E-state index contributed by atoms with van der Waals surface area (Å²) >= 11 is 0. The first-order chi connectivity index (χ1) is 18.1. The number of nitrogens with zero attached hydrogens (tertiary/aromatic N) is 4.